The van der Waals surface area contributed by atoms with Crippen LogP contribution in [0.15, 0.2) is 48.5 Å². The first kappa shape index (κ1) is 24.1. The van der Waals surface area contributed by atoms with Gasteiger partial charge in [0.05, 0.1) is 13.2 Å². The Morgan fingerprint density at radius 1 is 1.06 bits per heavy atom. The summed E-state index contributed by atoms with van der Waals surface area (Å²) in [7, 11) is 1.64. The van der Waals surface area contributed by atoms with E-state index in [-0.39, 0.29) is 17.9 Å². The molecule has 1 atom stereocenters. The minimum absolute atomic E-state index is 0.0239. The number of carbonyl (C=O) groups is 2. The number of benzene rings is 2. The average Bonchev–Trinajstić information content (AvgIpc) is 3.08. The van der Waals surface area contributed by atoms with Crippen LogP contribution in [-0.4, -0.2) is 60.9 Å². The monoisotopic (exact) mass is 457 g/mol. The Kier molecular flexibility index (Phi) is 8.94. The summed E-state index contributed by atoms with van der Waals surface area (Å²) in [6, 6.07) is 15.1. The summed E-state index contributed by atoms with van der Waals surface area (Å²) < 4.78 is 5.18. The van der Waals surface area contributed by atoms with Gasteiger partial charge in [0.2, 0.25) is 11.8 Å². The zero-order chi connectivity index (χ0) is 22.9. The molecule has 1 unspecified atom stereocenters. The van der Waals surface area contributed by atoms with Crippen LogP contribution in [0.2, 0.25) is 5.02 Å². The maximum absolute atomic E-state index is 12.7. The quantitative estimate of drug-likeness (QED) is 0.658. The van der Waals surface area contributed by atoms with Crippen LogP contribution < -0.4 is 10.1 Å². The third kappa shape index (κ3) is 6.71. The molecule has 2 aromatic carbocycles. The van der Waals surface area contributed by atoms with Crippen molar-refractivity contribution in [2.75, 3.05) is 33.3 Å². The first-order valence-corrected chi connectivity index (χ1v) is 11.5. The second-order valence-corrected chi connectivity index (χ2v) is 8.51. The first-order valence-electron chi connectivity index (χ1n) is 11.1. The number of ether oxygens (including phenoxy) is 1. The van der Waals surface area contributed by atoms with E-state index in [1.165, 1.54) is 0 Å². The van der Waals surface area contributed by atoms with Gasteiger partial charge in [0.25, 0.3) is 0 Å². The van der Waals surface area contributed by atoms with Crippen molar-refractivity contribution in [2.24, 2.45) is 0 Å². The van der Waals surface area contributed by atoms with E-state index in [0.29, 0.717) is 37.5 Å². The van der Waals surface area contributed by atoms with Gasteiger partial charge in [-0.25, -0.2) is 0 Å². The van der Waals surface area contributed by atoms with Crippen LogP contribution in [-0.2, 0) is 22.6 Å². The van der Waals surface area contributed by atoms with Crippen LogP contribution in [0, 0.1) is 0 Å². The van der Waals surface area contributed by atoms with Crippen molar-refractivity contribution >= 4 is 23.4 Å². The highest BCUT2D eigenvalue weighted by atomic mass is 35.5. The molecule has 7 heteroatoms. The Labute approximate surface area is 195 Å². The number of hydrogen-bond donors (Lipinski definition) is 1. The van der Waals surface area contributed by atoms with Gasteiger partial charge in [-0.1, -0.05) is 41.9 Å². The number of nitrogens with zero attached hydrogens (tertiary/aromatic N) is 2. The van der Waals surface area contributed by atoms with E-state index in [2.05, 4.69) is 10.2 Å². The predicted molar refractivity (Wildman–Crippen MR) is 127 cm³/mol. The van der Waals surface area contributed by atoms with Crippen molar-refractivity contribution in [2.45, 2.75) is 38.8 Å². The fraction of sp³-hybridized carbons (Fsp3) is 0.440. The van der Waals surface area contributed by atoms with E-state index in [4.69, 9.17) is 16.3 Å². The molecule has 1 fully saturated rings. The molecule has 0 aromatic heterocycles. The highest BCUT2D eigenvalue weighted by Crippen LogP contribution is 2.16. The summed E-state index contributed by atoms with van der Waals surface area (Å²) in [5.74, 6) is 0.959. The summed E-state index contributed by atoms with van der Waals surface area (Å²) >= 11 is 6.18. The van der Waals surface area contributed by atoms with E-state index < -0.39 is 0 Å². The van der Waals surface area contributed by atoms with Crippen LogP contribution >= 0.6 is 11.6 Å². The minimum Gasteiger partial charge on any atom is -0.497 e. The topological polar surface area (TPSA) is 61.9 Å². The molecular formula is C25H32ClN3O3. The predicted octanol–water partition coefficient (Wildman–Crippen LogP) is 3.52. The van der Waals surface area contributed by atoms with Gasteiger partial charge in [-0.2, -0.15) is 0 Å². The molecule has 0 spiro atoms. The Morgan fingerprint density at radius 3 is 2.53 bits per heavy atom. The normalized spacial score (nSPS) is 15.7. The number of hydrogen-bond acceptors (Lipinski definition) is 4. The summed E-state index contributed by atoms with van der Waals surface area (Å²) in [4.78, 5) is 29.5. The number of halogens is 1. The Hall–Kier alpha value is -2.57. The zero-order valence-electron chi connectivity index (χ0n) is 18.9. The van der Waals surface area contributed by atoms with Crippen molar-refractivity contribution in [1.82, 2.24) is 15.1 Å². The number of nitrogens with one attached hydrogen (secondary N) is 1. The number of rotatable bonds is 8. The maximum atomic E-state index is 12.7. The number of aryl methyl sites for hydroxylation is 1. The molecule has 0 aliphatic carbocycles. The number of amides is 2. The van der Waals surface area contributed by atoms with E-state index in [0.717, 1.165) is 36.4 Å². The van der Waals surface area contributed by atoms with Gasteiger partial charge in [0.1, 0.15) is 5.75 Å². The average molecular weight is 458 g/mol. The highest BCUT2D eigenvalue weighted by Gasteiger charge is 2.25. The van der Waals surface area contributed by atoms with E-state index >= 15 is 0 Å². The largest absolute Gasteiger partial charge is 0.497 e. The second-order valence-electron chi connectivity index (χ2n) is 8.10. The fourth-order valence-corrected chi connectivity index (χ4v) is 4.12. The summed E-state index contributed by atoms with van der Waals surface area (Å²) in [6.07, 6.45) is 2.06. The van der Waals surface area contributed by atoms with Crippen molar-refractivity contribution in [3.05, 3.63) is 64.7 Å². The number of carbonyl (C=O) groups excluding carboxylic acids is 2. The van der Waals surface area contributed by atoms with Crippen LogP contribution in [0.25, 0.3) is 0 Å². The minimum atomic E-state index is -0.258. The molecule has 0 saturated carbocycles. The summed E-state index contributed by atoms with van der Waals surface area (Å²) in [5, 5.41) is 3.64. The van der Waals surface area contributed by atoms with E-state index in [1.807, 2.05) is 60.4 Å². The SMILES string of the molecule is COc1ccc(CCC(=O)N2CCCN(C(C)C(=O)NCc3ccccc3Cl)CC2)cc1. The van der Waals surface area contributed by atoms with Crippen molar-refractivity contribution < 1.29 is 14.3 Å². The Balaban J connectivity index is 1.45. The Bertz CT molecular complexity index is 904. The maximum Gasteiger partial charge on any atom is 0.237 e. The molecule has 1 saturated heterocycles. The van der Waals surface area contributed by atoms with Crippen molar-refractivity contribution in [1.29, 1.82) is 0 Å². The molecule has 2 amide bonds. The van der Waals surface area contributed by atoms with Gasteiger partial charge in [-0.3, -0.25) is 14.5 Å². The molecule has 1 aliphatic heterocycles. The van der Waals surface area contributed by atoms with E-state index in [9.17, 15) is 9.59 Å². The smallest absolute Gasteiger partial charge is 0.237 e. The zero-order valence-corrected chi connectivity index (χ0v) is 19.6. The molecule has 172 valence electrons. The molecule has 1 aliphatic rings. The third-order valence-corrected chi connectivity index (χ3v) is 6.38. The lowest BCUT2D eigenvalue weighted by molar-refractivity contribution is -0.131. The van der Waals surface area contributed by atoms with Gasteiger partial charge in [-0.15, -0.1) is 0 Å². The van der Waals surface area contributed by atoms with Gasteiger partial charge in [0.15, 0.2) is 0 Å². The lowest BCUT2D eigenvalue weighted by Crippen LogP contribution is -2.46. The molecule has 6 nitrogen and oxygen atoms in total. The van der Waals surface area contributed by atoms with Crippen molar-refractivity contribution in [3.8, 4) is 5.75 Å². The lowest BCUT2D eigenvalue weighted by atomic mass is 10.1. The summed E-state index contributed by atoms with van der Waals surface area (Å²) in [6.45, 7) is 5.18. The van der Waals surface area contributed by atoms with Gasteiger partial charge in [0, 0.05) is 44.2 Å². The van der Waals surface area contributed by atoms with E-state index in [1.54, 1.807) is 7.11 Å². The van der Waals surface area contributed by atoms with Gasteiger partial charge in [-0.05, 0) is 49.1 Å². The number of methoxy groups -OCH3 is 1. The van der Waals surface area contributed by atoms with Gasteiger partial charge >= 0.3 is 0 Å². The fourth-order valence-electron chi connectivity index (χ4n) is 3.91. The Morgan fingerprint density at radius 2 is 1.81 bits per heavy atom. The molecule has 0 radical (unpaired) electrons. The molecular weight excluding hydrogens is 426 g/mol. The van der Waals surface area contributed by atoms with Gasteiger partial charge < -0.3 is 15.0 Å². The van der Waals surface area contributed by atoms with Crippen LogP contribution in [0.3, 0.4) is 0 Å². The third-order valence-electron chi connectivity index (χ3n) is 6.01. The molecule has 1 heterocycles. The molecule has 3 rings (SSSR count). The lowest BCUT2D eigenvalue weighted by Gasteiger charge is -2.27. The van der Waals surface area contributed by atoms with Crippen LogP contribution in [0.4, 0.5) is 0 Å². The highest BCUT2D eigenvalue weighted by molar-refractivity contribution is 6.31. The second kappa shape index (κ2) is 11.9. The molecule has 32 heavy (non-hydrogen) atoms. The molecule has 2 aromatic rings. The first-order chi connectivity index (χ1) is 15.5. The summed E-state index contributed by atoms with van der Waals surface area (Å²) in [5.41, 5.74) is 2.03. The molecule has 0 bridgehead atoms. The van der Waals surface area contributed by atoms with Crippen LogP contribution in [0.5, 0.6) is 5.75 Å². The standard InChI is InChI=1S/C25H32ClN3O3/c1-19(25(31)27-18-21-6-3-4-7-23(21)26)28-14-5-15-29(17-16-28)24(30)13-10-20-8-11-22(32-2)12-9-20/h3-4,6-9,11-12,19H,5,10,13-18H2,1-2H3,(H,27,31). The molecule has 1 N–H and O–H groups in total. The van der Waals surface area contributed by atoms with Crippen LogP contribution in [0.1, 0.15) is 30.9 Å². The van der Waals surface area contributed by atoms with Crippen molar-refractivity contribution in [3.63, 3.8) is 0 Å².